The molecule has 1 saturated heterocycles. The number of aromatic nitrogens is 1. The predicted molar refractivity (Wildman–Crippen MR) is 112 cm³/mol. The molecule has 1 fully saturated rings. The largest absolute Gasteiger partial charge is 0.356 e. The summed E-state index contributed by atoms with van der Waals surface area (Å²) in [6.45, 7) is 4.00. The molecule has 27 heavy (non-hydrogen) atoms. The van der Waals surface area contributed by atoms with Crippen LogP contribution in [0.2, 0.25) is 5.02 Å². The number of fused-ring (bicyclic) bond motifs is 1. The number of nitrogens with one attached hydrogen (secondary N) is 1. The monoisotopic (exact) mass is 379 g/mol. The third kappa shape index (κ3) is 3.62. The zero-order chi connectivity index (χ0) is 18.8. The summed E-state index contributed by atoms with van der Waals surface area (Å²) in [4.78, 5) is 19.9. The van der Waals surface area contributed by atoms with Crippen molar-refractivity contribution >= 4 is 39.8 Å². The maximum Gasteiger partial charge on any atom is 0.257 e. The van der Waals surface area contributed by atoms with Gasteiger partial charge in [-0.15, -0.1) is 0 Å². The smallest absolute Gasteiger partial charge is 0.257 e. The molecular formula is C22H22ClN3O. The molecule has 1 aromatic heterocycles. The molecular weight excluding hydrogens is 358 g/mol. The van der Waals surface area contributed by atoms with Crippen molar-refractivity contribution in [3.05, 3.63) is 64.8 Å². The third-order valence-electron chi connectivity index (χ3n) is 5.05. The molecule has 0 bridgehead atoms. The SMILES string of the molecule is Cc1ccc(NC(=O)c2cnc(N3CCCCC3)c3ccccc23)c(Cl)c1. The van der Waals surface area contributed by atoms with Crippen molar-refractivity contribution in [2.75, 3.05) is 23.3 Å². The van der Waals surface area contributed by atoms with Gasteiger partial charge in [-0.3, -0.25) is 4.79 Å². The van der Waals surface area contributed by atoms with Crippen molar-refractivity contribution < 1.29 is 4.79 Å². The fraction of sp³-hybridized carbons (Fsp3) is 0.273. The lowest BCUT2D eigenvalue weighted by atomic mass is 10.0. The Morgan fingerprint density at radius 2 is 1.81 bits per heavy atom. The average Bonchev–Trinajstić information content (AvgIpc) is 2.70. The highest BCUT2D eigenvalue weighted by Crippen LogP contribution is 2.30. The van der Waals surface area contributed by atoms with E-state index < -0.39 is 0 Å². The average molecular weight is 380 g/mol. The van der Waals surface area contributed by atoms with Gasteiger partial charge in [-0.1, -0.05) is 41.9 Å². The van der Waals surface area contributed by atoms with Crippen LogP contribution in [0, 0.1) is 6.92 Å². The van der Waals surface area contributed by atoms with Crippen LogP contribution in [-0.4, -0.2) is 24.0 Å². The highest BCUT2D eigenvalue weighted by atomic mass is 35.5. The van der Waals surface area contributed by atoms with Crippen LogP contribution in [0.4, 0.5) is 11.5 Å². The summed E-state index contributed by atoms with van der Waals surface area (Å²) in [5, 5.41) is 5.38. The number of amides is 1. The van der Waals surface area contributed by atoms with Gasteiger partial charge >= 0.3 is 0 Å². The number of pyridine rings is 1. The molecule has 1 aliphatic rings. The molecule has 4 nitrogen and oxygen atoms in total. The molecule has 2 aromatic carbocycles. The molecule has 5 heteroatoms. The lowest BCUT2D eigenvalue weighted by Gasteiger charge is -2.29. The van der Waals surface area contributed by atoms with Crippen LogP contribution in [0.25, 0.3) is 10.8 Å². The van der Waals surface area contributed by atoms with Crippen molar-refractivity contribution in [3.8, 4) is 0 Å². The van der Waals surface area contributed by atoms with Gasteiger partial charge in [0.1, 0.15) is 5.82 Å². The van der Waals surface area contributed by atoms with E-state index in [2.05, 4.69) is 15.2 Å². The first kappa shape index (κ1) is 17.8. The number of aryl methyl sites for hydroxylation is 1. The van der Waals surface area contributed by atoms with Crippen molar-refractivity contribution in [1.29, 1.82) is 0 Å². The number of hydrogen-bond acceptors (Lipinski definition) is 3. The van der Waals surface area contributed by atoms with Crippen LogP contribution in [-0.2, 0) is 0 Å². The Morgan fingerprint density at radius 3 is 2.56 bits per heavy atom. The molecule has 1 aliphatic heterocycles. The summed E-state index contributed by atoms with van der Waals surface area (Å²) in [7, 11) is 0. The van der Waals surface area contributed by atoms with Gasteiger partial charge in [0.25, 0.3) is 5.91 Å². The first-order chi connectivity index (χ1) is 13.1. The third-order valence-corrected chi connectivity index (χ3v) is 5.36. The molecule has 0 spiro atoms. The Labute approximate surface area is 164 Å². The molecule has 0 unspecified atom stereocenters. The van der Waals surface area contributed by atoms with Crippen LogP contribution < -0.4 is 10.2 Å². The maximum atomic E-state index is 12.9. The normalized spacial score (nSPS) is 14.4. The summed E-state index contributed by atoms with van der Waals surface area (Å²) in [6, 6.07) is 13.6. The molecule has 0 atom stereocenters. The second-order valence-corrected chi connectivity index (χ2v) is 7.43. The van der Waals surface area contributed by atoms with E-state index in [0.717, 1.165) is 35.2 Å². The van der Waals surface area contributed by atoms with Gasteiger partial charge in [0.2, 0.25) is 0 Å². The minimum atomic E-state index is -0.199. The minimum Gasteiger partial charge on any atom is -0.356 e. The second kappa shape index (κ2) is 7.57. The van der Waals surface area contributed by atoms with Crippen molar-refractivity contribution in [1.82, 2.24) is 4.98 Å². The van der Waals surface area contributed by atoms with E-state index in [1.165, 1.54) is 19.3 Å². The van der Waals surface area contributed by atoms with E-state index in [1.54, 1.807) is 6.20 Å². The Morgan fingerprint density at radius 1 is 1.07 bits per heavy atom. The molecule has 1 N–H and O–H groups in total. The summed E-state index contributed by atoms with van der Waals surface area (Å²) in [6.07, 6.45) is 5.32. The van der Waals surface area contributed by atoms with E-state index >= 15 is 0 Å². The number of benzene rings is 2. The molecule has 1 amide bonds. The molecule has 0 saturated carbocycles. The first-order valence-electron chi connectivity index (χ1n) is 9.34. The highest BCUT2D eigenvalue weighted by Gasteiger charge is 2.19. The van der Waals surface area contributed by atoms with Gasteiger partial charge in [0.05, 0.1) is 16.3 Å². The summed E-state index contributed by atoms with van der Waals surface area (Å²) < 4.78 is 0. The lowest BCUT2D eigenvalue weighted by molar-refractivity contribution is 0.102. The second-order valence-electron chi connectivity index (χ2n) is 7.03. The zero-order valence-electron chi connectivity index (χ0n) is 15.3. The van der Waals surface area contributed by atoms with Crippen molar-refractivity contribution in [2.45, 2.75) is 26.2 Å². The molecule has 0 aliphatic carbocycles. The Balaban J connectivity index is 1.70. The highest BCUT2D eigenvalue weighted by molar-refractivity contribution is 6.34. The van der Waals surface area contributed by atoms with Gasteiger partial charge in [0, 0.05) is 24.7 Å². The van der Waals surface area contributed by atoms with Crippen LogP contribution in [0.1, 0.15) is 35.2 Å². The minimum absolute atomic E-state index is 0.199. The molecule has 3 aromatic rings. The van der Waals surface area contributed by atoms with E-state index in [0.29, 0.717) is 16.3 Å². The van der Waals surface area contributed by atoms with E-state index in [4.69, 9.17) is 11.6 Å². The fourth-order valence-electron chi connectivity index (χ4n) is 3.63. The first-order valence-corrected chi connectivity index (χ1v) is 9.71. The topological polar surface area (TPSA) is 45.2 Å². The van der Waals surface area contributed by atoms with Crippen LogP contribution in [0.15, 0.2) is 48.7 Å². The lowest BCUT2D eigenvalue weighted by Crippen LogP contribution is -2.30. The fourth-order valence-corrected chi connectivity index (χ4v) is 3.91. The number of rotatable bonds is 3. The number of carbonyl (C=O) groups excluding carboxylic acids is 1. The maximum absolute atomic E-state index is 12.9. The molecule has 138 valence electrons. The van der Waals surface area contributed by atoms with Crippen LogP contribution in [0.5, 0.6) is 0 Å². The Bertz CT molecular complexity index is 996. The molecule has 4 rings (SSSR count). The number of carbonyl (C=O) groups is 1. The van der Waals surface area contributed by atoms with Gasteiger partial charge < -0.3 is 10.2 Å². The van der Waals surface area contributed by atoms with Crippen molar-refractivity contribution in [2.24, 2.45) is 0 Å². The van der Waals surface area contributed by atoms with E-state index in [9.17, 15) is 4.79 Å². The zero-order valence-corrected chi connectivity index (χ0v) is 16.1. The van der Waals surface area contributed by atoms with Gasteiger partial charge in [-0.2, -0.15) is 0 Å². The number of piperidine rings is 1. The molecule has 2 heterocycles. The summed E-state index contributed by atoms with van der Waals surface area (Å²) >= 11 is 6.27. The quantitative estimate of drug-likeness (QED) is 0.659. The van der Waals surface area contributed by atoms with Crippen LogP contribution in [0.3, 0.4) is 0 Å². The predicted octanol–water partition coefficient (Wildman–Crippen LogP) is 5.44. The Hall–Kier alpha value is -2.59. The van der Waals surface area contributed by atoms with Crippen LogP contribution >= 0.6 is 11.6 Å². The summed E-state index contributed by atoms with van der Waals surface area (Å²) in [5.74, 6) is 0.768. The standard InChI is InChI=1S/C22H22ClN3O/c1-15-9-10-20(19(23)13-15)25-22(27)18-14-24-21(26-11-5-2-6-12-26)17-8-4-3-7-16(17)18/h3-4,7-10,13-14H,2,5-6,11-12H2,1H3,(H,25,27). The number of nitrogens with zero attached hydrogens (tertiary/aromatic N) is 2. The number of halogens is 1. The van der Waals surface area contributed by atoms with Gasteiger partial charge in [0.15, 0.2) is 0 Å². The van der Waals surface area contributed by atoms with Gasteiger partial charge in [-0.05, 0) is 49.3 Å². The number of hydrogen-bond donors (Lipinski definition) is 1. The molecule has 0 radical (unpaired) electrons. The number of anilines is 2. The van der Waals surface area contributed by atoms with Gasteiger partial charge in [-0.25, -0.2) is 4.98 Å². The Kier molecular flexibility index (Phi) is 4.99. The van der Waals surface area contributed by atoms with E-state index in [-0.39, 0.29) is 5.91 Å². The summed E-state index contributed by atoms with van der Waals surface area (Å²) in [5.41, 5.74) is 2.22. The van der Waals surface area contributed by atoms with E-state index in [1.807, 2.05) is 49.4 Å². The van der Waals surface area contributed by atoms with Crippen molar-refractivity contribution in [3.63, 3.8) is 0 Å².